The molecular weight excluding hydrogens is 316 g/mol. The van der Waals surface area contributed by atoms with Gasteiger partial charge < -0.3 is 9.80 Å². The highest BCUT2D eigenvalue weighted by Crippen LogP contribution is 2.28. The van der Waals surface area contributed by atoms with Gasteiger partial charge in [-0.1, -0.05) is 18.2 Å². The van der Waals surface area contributed by atoms with E-state index in [9.17, 15) is 9.59 Å². The van der Waals surface area contributed by atoms with Crippen molar-refractivity contribution in [2.24, 2.45) is 5.92 Å². The van der Waals surface area contributed by atoms with Crippen LogP contribution in [0, 0.1) is 5.92 Å². The van der Waals surface area contributed by atoms with Gasteiger partial charge in [0.15, 0.2) is 0 Å². The second-order valence-electron chi connectivity index (χ2n) is 6.81. The molecule has 2 fully saturated rings. The van der Waals surface area contributed by atoms with Crippen LogP contribution in [0.15, 0.2) is 48.8 Å². The van der Waals surface area contributed by atoms with E-state index in [1.807, 2.05) is 52.2 Å². The number of carbonyl (C=O) groups excluding carboxylic acids is 2. The number of carbonyl (C=O) groups is 2. The van der Waals surface area contributed by atoms with Crippen molar-refractivity contribution in [2.75, 3.05) is 24.5 Å². The molecule has 6 heteroatoms. The summed E-state index contributed by atoms with van der Waals surface area (Å²) in [6, 6.07) is 11.7. The molecule has 0 N–H and O–H groups in total. The van der Waals surface area contributed by atoms with Crippen LogP contribution in [0.1, 0.15) is 25.3 Å². The molecule has 1 aromatic heterocycles. The van der Waals surface area contributed by atoms with Crippen molar-refractivity contribution in [3.63, 3.8) is 0 Å². The number of aromatic nitrogens is 2. The highest BCUT2D eigenvalue weighted by molar-refractivity contribution is 6.00. The fraction of sp³-hybridized carbons (Fsp3) is 0.421. The van der Waals surface area contributed by atoms with E-state index in [1.54, 1.807) is 11.1 Å². The number of hydrogen-bond donors (Lipinski definition) is 0. The Morgan fingerprint density at radius 3 is 2.72 bits per heavy atom. The Morgan fingerprint density at radius 1 is 1.12 bits per heavy atom. The molecule has 0 radical (unpaired) electrons. The van der Waals surface area contributed by atoms with Crippen molar-refractivity contribution in [3.05, 3.63) is 48.8 Å². The van der Waals surface area contributed by atoms with Gasteiger partial charge in [-0.3, -0.25) is 14.3 Å². The quantitative estimate of drug-likeness (QED) is 0.861. The van der Waals surface area contributed by atoms with Crippen LogP contribution < -0.4 is 4.90 Å². The van der Waals surface area contributed by atoms with Crippen LogP contribution in [0.2, 0.25) is 0 Å². The Balaban J connectivity index is 1.43. The van der Waals surface area contributed by atoms with Gasteiger partial charge in [-0.15, -0.1) is 0 Å². The predicted octanol–water partition coefficient (Wildman–Crippen LogP) is 2.10. The third-order valence-corrected chi connectivity index (χ3v) is 5.15. The number of anilines is 1. The lowest BCUT2D eigenvalue weighted by Gasteiger charge is -2.34. The normalized spacial score (nSPS) is 23.9. The number of piperidine rings is 1. The number of nitrogens with zero attached hydrogens (tertiary/aromatic N) is 4. The SMILES string of the molecule is O=C([C@H]1CC(=O)N(c2ccccc2)C1)N1CCC[C@H](n2cccn2)C1. The molecule has 2 aliphatic rings. The van der Waals surface area contributed by atoms with Crippen molar-refractivity contribution < 1.29 is 9.59 Å². The second kappa shape index (κ2) is 6.70. The standard InChI is InChI=1S/C19H22N4O2/c24-18-12-15(13-22(18)16-6-2-1-3-7-16)19(25)21-10-4-8-17(14-21)23-11-5-9-20-23/h1-3,5-7,9,11,15,17H,4,8,10,12-14H2/t15-,17-/m0/s1. The summed E-state index contributed by atoms with van der Waals surface area (Å²) in [4.78, 5) is 29.0. The minimum Gasteiger partial charge on any atom is -0.340 e. The fourth-order valence-corrected chi connectivity index (χ4v) is 3.86. The Hall–Kier alpha value is -2.63. The van der Waals surface area contributed by atoms with Crippen LogP contribution >= 0.6 is 0 Å². The highest BCUT2D eigenvalue weighted by atomic mass is 16.2. The van der Waals surface area contributed by atoms with Crippen molar-refractivity contribution >= 4 is 17.5 Å². The second-order valence-corrected chi connectivity index (χ2v) is 6.81. The van der Waals surface area contributed by atoms with Crippen LogP contribution in [0.5, 0.6) is 0 Å². The van der Waals surface area contributed by atoms with E-state index in [-0.39, 0.29) is 23.8 Å². The summed E-state index contributed by atoms with van der Waals surface area (Å²) < 4.78 is 1.94. The largest absolute Gasteiger partial charge is 0.340 e. The maximum Gasteiger partial charge on any atom is 0.228 e. The van der Waals surface area contributed by atoms with Gasteiger partial charge in [0.25, 0.3) is 0 Å². The van der Waals surface area contributed by atoms with Crippen LogP contribution in [0.3, 0.4) is 0 Å². The maximum atomic E-state index is 13.0. The van der Waals surface area contributed by atoms with Gasteiger partial charge in [-0.25, -0.2) is 0 Å². The first kappa shape index (κ1) is 15.9. The third-order valence-electron chi connectivity index (χ3n) is 5.15. The highest BCUT2D eigenvalue weighted by Gasteiger charge is 2.38. The number of hydrogen-bond acceptors (Lipinski definition) is 3. The molecule has 130 valence electrons. The lowest BCUT2D eigenvalue weighted by Crippen LogP contribution is -2.44. The summed E-state index contributed by atoms with van der Waals surface area (Å²) in [6.07, 6.45) is 6.03. The van der Waals surface area contributed by atoms with Gasteiger partial charge in [0.1, 0.15) is 0 Å². The molecule has 0 aliphatic carbocycles. The van der Waals surface area contributed by atoms with Crippen molar-refractivity contribution in [1.82, 2.24) is 14.7 Å². The zero-order valence-electron chi connectivity index (χ0n) is 14.1. The first-order chi connectivity index (χ1) is 12.2. The summed E-state index contributed by atoms with van der Waals surface area (Å²) >= 11 is 0. The first-order valence-corrected chi connectivity index (χ1v) is 8.85. The molecule has 0 spiro atoms. The minimum atomic E-state index is -0.246. The van der Waals surface area contributed by atoms with Gasteiger partial charge in [-0.05, 0) is 31.0 Å². The average Bonchev–Trinajstić information content (AvgIpc) is 3.32. The Bertz CT molecular complexity index is 744. The number of rotatable bonds is 3. The van der Waals surface area contributed by atoms with Crippen molar-refractivity contribution in [2.45, 2.75) is 25.3 Å². The molecule has 2 atom stereocenters. The smallest absolute Gasteiger partial charge is 0.228 e. The predicted molar refractivity (Wildman–Crippen MR) is 94.0 cm³/mol. The van der Waals surface area contributed by atoms with Gasteiger partial charge >= 0.3 is 0 Å². The summed E-state index contributed by atoms with van der Waals surface area (Å²) in [5.41, 5.74) is 0.871. The molecule has 1 aromatic carbocycles. The molecule has 6 nitrogen and oxygen atoms in total. The van der Waals surface area contributed by atoms with Crippen LogP contribution in [0.25, 0.3) is 0 Å². The third kappa shape index (κ3) is 3.16. The van der Waals surface area contributed by atoms with Gasteiger partial charge in [0.05, 0.1) is 12.0 Å². The molecule has 2 saturated heterocycles. The maximum absolute atomic E-state index is 13.0. The summed E-state index contributed by atoms with van der Waals surface area (Å²) in [6.45, 7) is 1.92. The topological polar surface area (TPSA) is 58.4 Å². The Kier molecular flexibility index (Phi) is 4.26. The Labute approximate surface area is 147 Å². The molecule has 2 aromatic rings. The summed E-state index contributed by atoms with van der Waals surface area (Å²) in [7, 11) is 0. The van der Waals surface area contributed by atoms with E-state index >= 15 is 0 Å². The zero-order chi connectivity index (χ0) is 17.2. The minimum absolute atomic E-state index is 0.0326. The monoisotopic (exact) mass is 338 g/mol. The fourth-order valence-electron chi connectivity index (χ4n) is 3.86. The molecule has 0 unspecified atom stereocenters. The lowest BCUT2D eigenvalue weighted by atomic mass is 10.0. The van der Waals surface area contributed by atoms with E-state index in [1.165, 1.54) is 0 Å². The number of para-hydroxylation sites is 1. The van der Waals surface area contributed by atoms with E-state index in [0.717, 1.165) is 25.1 Å². The van der Waals surface area contributed by atoms with Crippen LogP contribution in [0.4, 0.5) is 5.69 Å². The van der Waals surface area contributed by atoms with Crippen molar-refractivity contribution in [1.29, 1.82) is 0 Å². The summed E-state index contributed by atoms with van der Waals surface area (Å²) in [5.74, 6) is -0.113. The number of benzene rings is 1. The van der Waals surface area contributed by atoms with E-state index in [0.29, 0.717) is 19.5 Å². The van der Waals surface area contributed by atoms with Crippen LogP contribution in [-0.2, 0) is 9.59 Å². The molecule has 0 bridgehead atoms. The van der Waals surface area contributed by atoms with E-state index < -0.39 is 0 Å². The van der Waals surface area contributed by atoms with Gasteiger partial charge in [0.2, 0.25) is 11.8 Å². The average molecular weight is 338 g/mol. The van der Waals surface area contributed by atoms with Gasteiger partial charge in [-0.2, -0.15) is 5.10 Å². The van der Waals surface area contributed by atoms with Crippen molar-refractivity contribution in [3.8, 4) is 0 Å². The molecular formula is C19H22N4O2. The molecule has 25 heavy (non-hydrogen) atoms. The molecule has 0 saturated carbocycles. The Morgan fingerprint density at radius 2 is 1.96 bits per heavy atom. The summed E-state index contributed by atoms with van der Waals surface area (Å²) in [5, 5.41) is 4.31. The van der Waals surface area contributed by atoms with Crippen LogP contribution in [-0.4, -0.2) is 46.1 Å². The molecule has 3 heterocycles. The van der Waals surface area contributed by atoms with Gasteiger partial charge in [0, 0.05) is 44.1 Å². The van der Waals surface area contributed by atoms with E-state index in [2.05, 4.69) is 5.10 Å². The zero-order valence-corrected chi connectivity index (χ0v) is 14.1. The lowest BCUT2D eigenvalue weighted by molar-refractivity contribution is -0.137. The first-order valence-electron chi connectivity index (χ1n) is 8.85. The molecule has 4 rings (SSSR count). The number of likely N-dealkylation sites (tertiary alicyclic amines) is 1. The van der Waals surface area contributed by atoms with E-state index in [4.69, 9.17) is 0 Å². The number of amides is 2. The molecule has 2 aliphatic heterocycles. The molecule has 2 amide bonds.